The van der Waals surface area contributed by atoms with Crippen LogP contribution in [0.3, 0.4) is 0 Å². The van der Waals surface area contributed by atoms with Crippen molar-refractivity contribution in [3.05, 3.63) is 82.5 Å². The zero-order chi connectivity index (χ0) is 23.4. The third kappa shape index (κ3) is 5.92. The van der Waals surface area contributed by atoms with Crippen LogP contribution in [-0.4, -0.2) is 25.6 Å². The smallest absolute Gasteiger partial charge is 0.248 e. The number of nitrogens with zero attached hydrogens (tertiary/aromatic N) is 3. The Morgan fingerprint density at radius 2 is 1.82 bits per heavy atom. The monoisotopic (exact) mass is 519 g/mol. The summed E-state index contributed by atoms with van der Waals surface area (Å²) in [6, 6.07) is 16.1. The molecule has 0 bridgehead atoms. The van der Waals surface area contributed by atoms with E-state index in [9.17, 15) is 13.6 Å². The Balaban J connectivity index is 1.39. The van der Waals surface area contributed by atoms with E-state index in [0.29, 0.717) is 32.0 Å². The number of hydrogen-bond acceptors (Lipinski definition) is 7. The van der Waals surface area contributed by atoms with Crippen molar-refractivity contribution in [3.8, 4) is 10.7 Å². The van der Waals surface area contributed by atoms with Crippen molar-refractivity contribution in [2.24, 2.45) is 0 Å². The summed E-state index contributed by atoms with van der Waals surface area (Å²) in [7, 11) is -3.89. The Hall–Kier alpha value is -2.89. The van der Waals surface area contributed by atoms with E-state index in [4.69, 9.17) is 23.2 Å². The van der Waals surface area contributed by atoms with Gasteiger partial charge in [0.1, 0.15) is 5.69 Å². The van der Waals surface area contributed by atoms with Crippen molar-refractivity contribution in [2.45, 2.75) is 11.3 Å². The fourth-order valence-corrected chi connectivity index (χ4v) is 5.06. The van der Waals surface area contributed by atoms with Crippen LogP contribution in [0.4, 0.5) is 10.8 Å². The van der Waals surface area contributed by atoms with Crippen molar-refractivity contribution >= 4 is 61.7 Å². The minimum absolute atomic E-state index is 0.0135. The molecule has 0 fully saturated rings. The van der Waals surface area contributed by atoms with Crippen LogP contribution in [0.1, 0.15) is 5.56 Å². The number of nitrogens with one attached hydrogen (secondary N) is 2. The van der Waals surface area contributed by atoms with E-state index >= 15 is 0 Å². The van der Waals surface area contributed by atoms with Crippen molar-refractivity contribution in [3.63, 3.8) is 0 Å². The van der Waals surface area contributed by atoms with Crippen LogP contribution in [0.2, 0.25) is 10.0 Å². The van der Waals surface area contributed by atoms with Gasteiger partial charge in [0.25, 0.3) is 0 Å². The molecule has 2 heterocycles. The zero-order valence-electron chi connectivity index (χ0n) is 16.7. The van der Waals surface area contributed by atoms with Crippen molar-refractivity contribution in [1.29, 1.82) is 0 Å². The Morgan fingerprint density at radius 3 is 2.52 bits per heavy atom. The van der Waals surface area contributed by atoms with Gasteiger partial charge in [-0.1, -0.05) is 50.9 Å². The molecule has 33 heavy (non-hydrogen) atoms. The molecule has 2 N–H and O–H groups in total. The first kappa shape index (κ1) is 23.3. The molecule has 12 heteroatoms. The Bertz CT molecular complexity index is 1330. The van der Waals surface area contributed by atoms with Gasteiger partial charge in [-0.15, -0.1) is 10.2 Å². The molecule has 2 aromatic heterocycles. The number of halogens is 2. The normalized spacial score (nSPS) is 12.7. The Morgan fingerprint density at radius 1 is 1.03 bits per heavy atom. The highest BCUT2D eigenvalue weighted by molar-refractivity contribution is 7.99. The second kappa shape index (κ2) is 9.94. The Labute approximate surface area is 204 Å². The van der Waals surface area contributed by atoms with Gasteiger partial charge < -0.3 is 9.87 Å². The van der Waals surface area contributed by atoms with Gasteiger partial charge in [-0.2, -0.15) is 4.72 Å². The summed E-state index contributed by atoms with van der Waals surface area (Å²) in [5, 5.41) is 12.0. The molecule has 8 nitrogen and oxygen atoms in total. The summed E-state index contributed by atoms with van der Waals surface area (Å²) >= 11 is 12.9. The van der Waals surface area contributed by atoms with Gasteiger partial charge in [-0.05, 0) is 54.1 Å². The molecule has 4 rings (SSSR count). The Kier molecular flexibility index (Phi) is 7.01. The molecule has 0 spiro atoms. The van der Waals surface area contributed by atoms with Gasteiger partial charge in [0, 0.05) is 11.9 Å². The van der Waals surface area contributed by atoms with Crippen LogP contribution in [0.25, 0.3) is 10.7 Å². The standard InChI is InChI=1S/C21H15Cl2N5O3S2/c22-16-9-4-13(11-17(16)23)12-19(29)25-14-5-7-15(8-6-14)33(30,31)28-21-27-26-20(32-21)18-3-1-2-10-24-18/h1-11H,12H2,(H2-,24,25,27,28,29,30,31). The SMILES string of the molecule is O=C(Cc1ccc(Cl)c(Cl)c1)Nc1ccc([S+](=O)([O-])Nc2nnc(-c3ccccn3)s2)cc1. The lowest BCUT2D eigenvalue weighted by atomic mass is 10.1. The minimum Gasteiger partial charge on any atom is -0.588 e. The molecule has 0 aliphatic heterocycles. The molecule has 0 aliphatic carbocycles. The molecule has 168 valence electrons. The fourth-order valence-electron chi connectivity index (χ4n) is 2.79. The maximum Gasteiger partial charge on any atom is 0.248 e. The van der Waals surface area contributed by atoms with E-state index in [1.165, 1.54) is 24.3 Å². The molecular weight excluding hydrogens is 505 g/mol. The number of anilines is 2. The van der Waals surface area contributed by atoms with Crippen molar-refractivity contribution < 1.29 is 13.6 Å². The third-order valence-corrected chi connectivity index (χ3v) is 7.41. The zero-order valence-corrected chi connectivity index (χ0v) is 19.8. The topological polar surface area (TPSA) is 120 Å². The third-order valence-electron chi connectivity index (χ3n) is 4.33. The molecule has 1 amide bonds. The molecule has 0 saturated heterocycles. The van der Waals surface area contributed by atoms with Crippen LogP contribution >= 0.6 is 34.5 Å². The van der Waals surface area contributed by atoms with Gasteiger partial charge in [0.15, 0.2) is 20.3 Å². The average Bonchev–Trinajstić information content (AvgIpc) is 3.25. The number of benzene rings is 2. The first-order valence-electron chi connectivity index (χ1n) is 9.42. The number of hydrogen-bond donors (Lipinski definition) is 2. The summed E-state index contributed by atoms with van der Waals surface area (Å²) in [5.41, 5.74) is 1.75. The van der Waals surface area contributed by atoms with E-state index < -0.39 is 10.4 Å². The molecule has 1 atom stereocenters. The summed E-state index contributed by atoms with van der Waals surface area (Å²) in [5.74, 6) is -0.280. The van der Waals surface area contributed by atoms with E-state index in [-0.39, 0.29) is 22.4 Å². The number of pyridine rings is 1. The number of amides is 1. The van der Waals surface area contributed by atoms with Crippen LogP contribution in [0, 0.1) is 0 Å². The molecule has 0 radical (unpaired) electrons. The van der Waals surface area contributed by atoms with Crippen molar-refractivity contribution in [2.75, 3.05) is 10.0 Å². The predicted molar refractivity (Wildman–Crippen MR) is 129 cm³/mol. The second-order valence-electron chi connectivity index (χ2n) is 6.73. The van der Waals surface area contributed by atoms with E-state index in [0.717, 1.165) is 11.3 Å². The van der Waals surface area contributed by atoms with Crippen LogP contribution in [-0.2, 0) is 25.8 Å². The fraction of sp³-hybridized carbons (Fsp3) is 0.0476. The first-order chi connectivity index (χ1) is 15.8. The summed E-state index contributed by atoms with van der Waals surface area (Å²) in [6.07, 6.45) is 1.71. The highest BCUT2D eigenvalue weighted by Crippen LogP contribution is 2.28. The number of carbonyl (C=O) groups is 1. The van der Waals surface area contributed by atoms with E-state index in [1.807, 2.05) is 0 Å². The highest BCUT2D eigenvalue weighted by atomic mass is 35.5. The molecule has 2 aromatic carbocycles. The summed E-state index contributed by atoms with van der Waals surface area (Å²) in [6.45, 7) is 0. The number of rotatable bonds is 7. The van der Waals surface area contributed by atoms with E-state index in [2.05, 4.69) is 25.2 Å². The van der Waals surface area contributed by atoms with Gasteiger partial charge in [0.05, 0.1) is 16.5 Å². The highest BCUT2D eigenvalue weighted by Gasteiger charge is 2.23. The second-order valence-corrected chi connectivity index (χ2v) is 10.2. The molecule has 0 saturated carbocycles. The lowest BCUT2D eigenvalue weighted by Crippen LogP contribution is -2.21. The van der Waals surface area contributed by atoms with Gasteiger partial charge in [-0.3, -0.25) is 9.78 Å². The molecule has 1 unspecified atom stereocenters. The quantitative estimate of drug-likeness (QED) is 0.327. The van der Waals surface area contributed by atoms with Crippen molar-refractivity contribution in [1.82, 2.24) is 15.2 Å². The molecule has 0 aliphatic rings. The summed E-state index contributed by atoms with van der Waals surface area (Å²) in [4.78, 5) is 16.5. The number of carbonyl (C=O) groups excluding carboxylic acids is 1. The summed E-state index contributed by atoms with van der Waals surface area (Å²) < 4.78 is 27.8. The van der Waals surface area contributed by atoms with Gasteiger partial charge in [-0.25, -0.2) is 0 Å². The lowest BCUT2D eigenvalue weighted by molar-refractivity contribution is -0.115. The first-order valence-corrected chi connectivity index (χ1v) is 12.5. The molecule has 4 aromatic rings. The lowest BCUT2D eigenvalue weighted by Gasteiger charge is -2.14. The van der Waals surface area contributed by atoms with Crippen LogP contribution in [0.15, 0.2) is 71.8 Å². The number of aromatic nitrogens is 3. The van der Waals surface area contributed by atoms with E-state index in [1.54, 1.807) is 42.6 Å². The molecular formula is C21H15Cl2N5O3S2. The van der Waals surface area contributed by atoms with Crippen LogP contribution < -0.4 is 10.0 Å². The van der Waals surface area contributed by atoms with Crippen LogP contribution in [0.5, 0.6) is 0 Å². The van der Waals surface area contributed by atoms with Gasteiger partial charge >= 0.3 is 0 Å². The average molecular weight is 520 g/mol. The minimum atomic E-state index is -3.89. The largest absolute Gasteiger partial charge is 0.588 e. The maximum absolute atomic E-state index is 12.7. The maximum atomic E-state index is 12.7. The number of sulfonamides is 1. The van der Waals surface area contributed by atoms with Gasteiger partial charge in [0.2, 0.25) is 11.0 Å². The predicted octanol–water partition coefficient (Wildman–Crippen LogP) is 5.10.